The molecule has 2 N–H and O–H groups in total. The molecule has 5 heteroatoms. The van der Waals surface area contributed by atoms with Crippen LogP contribution in [0.15, 0.2) is 36.0 Å². The van der Waals surface area contributed by atoms with E-state index in [4.69, 9.17) is 5.73 Å². The smallest absolute Gasteiger partial charge is 0.0898 e. The maximum Gasteiger partial charge on any atom is 0.0898 e. The summed E-state index contributed by atoms with van der Waals surface area (Å²) in [6.45, 7) is 2.77. The van der Waals surface area contributed by atoms with Gasteiger partial charge in [0, 0.05) is 35.6 Å². The number of aromatic nitrogens is 2. The van der Waals surface area contributed by atoms with Crippen molar-refractivity contribution in [1.29, 1.82) is 0 Å². The van der Waals surface area contributed by atoms with Crippen molar-refractivity contribution in [3.05, 3.63) is 46.7 Å². The van der Waals surface area contributed by atoms with E-state index < -0.39 is 0 Å². The molecule has 4 nitrogen and oxygen atoms in total. The zero-order chi connectivity index (χ0) is 14.1. The lowest BCUT2D eigenvalue weighted by molar-refractivity contribution is 0.892. The zero-order valence-electron chi connectivity index (χ0n) is 11.5. The molecule has 0 aliphatic rings. The standard InChI is InChI=1S/C15H16N4S/c1-10-18-12(9-20-10)8-19(2)14-4-3-11-7-17-6-5-13(11)15(14)16/h3-7,9H,8,16H2,1-2H3. The van der Waals surface area contributed by atoms with Crippen LogP contribution in [0.3, 0.4) is 0 Å². The number of aryl methyl sites for hydroxylation is 1. The van der Waals surface area contributed by atoms with Gasteiger partial charge < -0.3 is 10.6 Å². The SMILES string of the molecule is Cc1nc(CN(C)c2ccc3cnccc3c2N)cs1. The van der Waals surface area contributed by atoms with Crippen LogP contribution in [-0.4, -0.2) is 17.0 Å². The highest BCUT2D eigenvalue weighted by Crippen LogP contribution is 2.31. The second kappa shape index (κ2) is 5.09. The Hall–Kier alpha value is -2.14. The minimum Gasteiger partial charge on any atom is -0.397 e. The first-order valence-corrected chi connectivity index (χ1v) is 7.27. The third kappa shape index (κ3) is 2.32. The molecule has 0 spiro atoms. The summed E-state index contributed by atoms with van der Waals surface area (Å²) in [6, 6.07) is 6.05. The molecule has 0 aliphatic carbocycles. The van der Waals surface area contributed by atoms with Gasteiger partial charge in [-0.25, -0.2) is 4.98 Å². The molecule has 102 valence electrons. The second-order valence-corrected chi connectivity index (χ2v) is 5.87. The van der Waals surface area contributed by atoms with E-state index in [-0.39, 0.29) is 0 Å². The molecule has 0 aliphatic heterocycles. The normalized spacial score (nSPS) is 10.9. The van der Waals surface area contributed by atoms with Gasteiger partial charge in [0.05, 0.1) is 28.6 Å². The molecule has 2 heterocycles. The summed E-state index contributed by atoms with van der Waals surface area (Å²) >= 11 is 1.67. The fourth-order valence-corrected chi connectivity index (χ4v) is 2.93. The Kier molecular flexibility index (Phi) is 3.28. The van der Waals surface area contributed by atoms with Crippen molar-refractivity contribution < 1.29 is 0 Å². The van der Waals surface area contributed by atoms with Gasteiger partial charge in [0.1, 0.15) is 0 Å². The molecule has 0 unspecified atom stereocenters. The topological polar surface area (TPSA) is 55.0 Å². The molecule has 3 rings (SSSR count). The average Bonchev–Trinajstić information content (AvgIpc) is 2.84. The number of thiazole rings is 1. The number of nitrogens with two attached hydrogens (primary N) is 1. The quantitative estimate of drug-likeness (QED) is 0.750. The molecule has 20 heavy (non-hydrogen) atoms. The Balaban J connectivity index is 1.95. The summed E-state index contributed by atoms with van der Waals surface area (Å²) < 4.78 is 0. The zero-order valence-corrected chi connectivity index (χ0v) is 12.3. The highest BCUT2D eigenvalue weighted by Gasteiger charge is 2.10. The first kappa shape index (κ1) is 12.9. The van der Waals surface area contributed by atoms with E-state index in [2.05, 4.69) is 26.3 Å². The molecular formula is C15H16N4S. The van der Waals surface area contributed by atoms with Crippen molar-refractivity contribution in [1.82, 2.24) is 9.97 Å². The molecule has 0 bridgehead atoms. The molecule has 0 saturated carbocycles. The first-order chi connectivity index (χ1) is 9.65. The van der Waals surface area contributed by atoms with Gasteiger partial charge in [0.15, 0.2) is 0 Å². The van der Waals surface area contributed by atoms with Crippen LogP contribution < -0.4 is 10.6 Å². The van der Waals surface area contributed by atoms with E-state index >= 15 is 0 Å². The highest BCUT2D eigenvalue weighted by atomic mass is 32.1. The van der Waals surface area contributed by atoms with E-state index in [0.717, 1.165) is 39.4 Å². The Labute approximate surface area is 121 Å². The van der Waals surface area contributed by atoms with Gasteiger partial charge in [-0.05, 0) is 19.1 Å². The van der Waals surface area contributed by atoms with Gasteiger partial charge in [-0.1, -0.05) is 6.07 Å². The average molecular weight is 284 g/mol. The van der Waals surface area contributed by atoms with E-state index in [0.29, 0.717) is 0 Å². The molecule has 1 aromatic carbocycles. The molecule has 0 radical (unpaired) electrons. The monoisotopic (exact) mass is 284 g/mol. The van der Waals surface area contributed by atoms with Crippen LogP contribution in [0.5, 0.6) is 0 Å². The van der Waals surface area contributed by atoms with Crippen LogP contribution >= 0.6 is 11.3 Å². The number of nitrogens with zero attached hydrogens (tertiary/aromatic N) is 3. The van der Waals surface area contributed by atoms with E-state index in [9.17, 15) is 0 Å². The summed E-state index contributed by atoms with van der Waals surface area (Å²) in [7, 11) is 2.04. The fourth-order valence-electron chi connectivity index (χ4n) is 2.32. The van der Waals surface area contributed by atoms with Gasteiger partial charge in [0.2, 0.25) is 0 Å². The predicted octanol–water partition coefficient (Wildman–Crippen LogP) is 3.22. The largest absolute Gasteiger partial charge is 0.397 e. The van der Waals surface area contributed by atoms with Crippen LogP contribution in [0.4, 0.5) is 11.4 Å². The number of benzene rings is 1. The number of hydrogen-bond acceptors (Lipinski definition) is 5. The summed E-state index contributed by atoms with van der Waals surface area (Å²) in [5.74, 6) is 0. The maximum absolute atomic E-state index is 6.29. The van der Waals surface area contributed by atoms with Crippen LogP contribution in [0.25, 0.3) is 10.8 Å². The number of anilines is 2. The predicted molar refractivity (Wildman–Crippen MR) is 85.1 cm³/mol. The van der Waals surface area contributed by atoms with E-state index in [1.54, 1.807) is 17.5 Å². The number of pyridine rings is 1. The van der Waals surface area contributed by atoms with Crippen molar-refractivity contribution in [3.63, 3.8) is 0 Å². The maximum atomic E-state index is 6.29. The lowest BCUT2D eigenvalue weighted by Gasteiger charge is -2.21. The number of rotatable bonds is 3. The van der Waals surface area contributed by atoms with Crippen LogP contribution in [0.2, 0.25) is 0 Å². The van der Waals surface area contributed by atoms with Crippen LogP contribution in [0, 0.1) is 6.92 Å². The van der Waals surface area contributed by atoms with Crippen molar-refractivity contribution in [2.45, 2.75) is 13.5 Å². The van der Waals surface area contributed by atoms with Gasteiger partial charge >= 0.3 is 0 Å². The summed E-state index contributed by atoms with van der Waals surface area (Å²) in [4.78, 5) is 10.7. The molecule has 0 saturated heterocycles. The van der Waals surface area contributed by atoms with Gasteiger partial charge in [-0.3, -0.25) is 4.98 Å². The highest BCUT2D eigenvalue weighted by molar-refractivity contribution is 7.09. The first-order valence-electron chi connectivity index (χ1n) is 6.39. The Bertz CT molecular complexity index is 750. The lowest BCUT2D eigenvalue weighted by Crippen LogP contribution is -2.18. The van der Waals surface area contributed by atoms with E-state index in [1.165, 1.54) is 0 Å². The molecule has 0 atom stereocenters. The summed E-state index contributed by atoms with van der Waals surface area (Å²) in [6.07, 6.45) is 3.60. The Morgan fingerprint density at radius 1 is 1.30 bits per heavy atom. The molecular weight excluding hydrogens is 268 g/mol. The third-order valence-corrected chi connectivity index (χ3v) is 4.14. The molecule has 2 aromatic heterocycles. The van der Waals surface area contributed by atoms with Crippen molar-refractivity contribution in [2.75, 3.05) is 17.7 Å². The van der Waals surface area contributed by atoms with Crippen LogP contribution in [0.1, 0.15) is 10.7 Å². The lowest BCUT2D eigenvalue weighted by atomic mass is 10.1. The minimum absolute atomic E-state index is 0.755. The number of fused-ring (bicyclic) bond motifs is 1. The summed E-state index contributed by atoms with van der Waals surface area (Å²) in [5.41, 5.74) is 9.18. The van der Waals surface area contributed by atoms with Crippen molar-refractivity contribution in [3.8, 4) is 0 Å². The second-order valence-electron chi connectivity index (χ2n) is 4.81. The number of nitrogen functional groups attached to an aromatic ring is 1. The Morgan fingerprint density at radius 3 is 2.90 bits per heavy atom. The van der Waals surface area contributed by atoms with Gasteiger partial charge in [-0.2, -0.15) is 0 Å². The minimum atomic E-state index is 0.755. The molecule has 0 fully saturated rings. The summed E-state index contributed by atoms with van der Waals surface area (Å²) in [5, 5.41) is 5.28. The number of hydrogen-bond donors (Lipinski definition) is 1. The van der Waals surface area contributed by atoms with Crippen molar-refractivity contribution in [2.24, 2.45) is 0 Å². The van der Waals surface area contributed by atoms with Gasteiger partial charge in [0.25, 0.3) is 0 Å². The van der Waals surface area contributed by atoms with E-state index in [1.807, 2.05) is 32.3 Å². The van der Waals surface area contributed by atoms with Crippen LogP contribution in [-0.2, 0) is 6.54 Å². The van der Waals surface area contributed by atoms with Gasteiger partial charge in [-0.15, -0.1) is 11.3 Å². The van der Waals surface area contributed by atoms with Crippen molar-refractivity contribution >= 4 is 33.5 Å². The third-order valence-electron chi connectivity index (χ3n) is 3.32. The fraction of sp³-hybridized carbons (Fsp3) is 0.200. The molecule has 0 amide bonds. The Morgan fingerprint density at radius 2 is 2.15 bits per heavy atom. The molecule has 3 aromatic rings.